The summed E-state index contributed by atoms with van der Waals surface area (Å²) >= 11 is 0. The van der Waals surface area contributed by atoms with Crippen LogP contribution in [0.4, 0.5) is 11.6 Å². The van der Waals surface area contributed by atoms with Gasteiger partial charge in [-0.1, -0.05) is 60.7 Å². The topological polar surface area (TPSA) is 87.9 Å². The molecule has 1 aromatic heterocycles. The second-order valence-electron chi connectivity index (χ2n) is 9.96. The van der Waals surface area contributed by atoms with Crippen molar-refractivity contribution in [1.82, 2.24) is 14.5 Å². The molecule has 1 aliphatic heterocycles. The summed E-state index contributed by atoms with van der Waals surface area (Å²) in [6.45, 7) is 4.24. The van der Waals surface area contributed by atoms with Crippen molar-refractivity contribution in [1.29, 1.82) is 0 Å². The van der Waals surface area contributed by atoms with Crippen molar-refractivity contribution in [2.24, 2.45) is 0 Å². The quantitative estimate of drug-likeness (QED) is 0.368. The van der Waals surface area contributed by atoms with E-state index in [1.165, 1.54) is 0 Å². The van der Waals surface area contributed by atoms with E-state index in [1.807, 2.05) is 74.5 Å². The van der Waals surface area contributed by atoms with Crippen molar-refractivity contribution in [2.75, 3.05) is 25.6 Å². The molecule has 1 amide bonds. The highest BCUT2D eigenvalue weighted by Crippen LogP contribution is 2.43. The molecule has 8 nitrogen and oxygen atoms in total. The fraction of sp³-hybridized carbons (Fsp3) is 0.258. The van der Waals surface area contributed by atoms with Crippen LogP contribution in [0.25, 0.3) is 0 Å². The van der Waals surface area contributed by atoms with Gasteiger partial charge in [-0.15, -0.1) is 0 Å². The van der Waals surface area contributed by atoms with Crippen LogP contribution in [-0.4, -0.2) is 52.2 Å². The molecule has 0 unspecified atom stereocenters. The molecule has 3 aromatic carbocycles. The van der Waals surface area contributed by atoms with Gasteiger partial charge in [0.2, 0.25) is 11.7 Å². The first-order chi connectivity index (χ1) is 18.8. The average Bonchev–Trinajstić information content (AvgIpc) is 2.96. The Morgan fingerprint density at radius 1 is 0.923 bits per heavy atom. The first kappa shape index (κ1) is 26.0. The van der Waals surface area contributed by atoms with Crippen molar-refractivity contribution in [3.8, 4) is 11.5 Å². The van der Waals surface area contributed by atoms with Crippen LogP contribution in [0.2, 0.25) is 0 Å². The van der Waals surface area contributed by atoms with Gasteiger partial charge in [-0.2, -0.15) is 4.98 Å². The van der Waals surface area contributed by atoms with Crippen LogP contribution in [0.3, 0.4) is 0 Å². The largest absolute Gasteiger partial charge is 0.501 e. The summed E-state index contributed by atoms with van der Waals surface area (Å²) in [6.07, 6.45) is 0. The SMILES string of the molecule is COc1ccc(N(C)c2nc(=O)c(O)c3n2[C@@H](C(c2ccccc2)c2ccccc2)CN(C(C)C)C3=O)cc1. The van der Waals surface area contributed by atoms with Crippen molar-refractivity contribution in [3.05, 3.63) is 112 Å². The zero-order valence-corrected chi connectivity index (χ0v) is 22.5. The number of anilines is 2. The molecular formula is C31H32N4O4. The second-order valence-corrected chi connectivity index (χ2v) is 9.96. The fourth-order valence-corrected chi connectivity index (χ4v) is 5.35. The summed E-state index contributed by atoms with van der Waals surface area (Å²) in [5.74, 6) is -0.271. The minimum atomic E-state index is -0.842. The Bertz CT molecular complexity index is 1480. The predicted molar refractivity (Wildman–Crippen MR) is 151 cm³/mol. The van der Waals surface area contributed by atoms with Gasteiger partial charge in [0, 0.05) is 31.2 Å². The predicted octanol–water partition coefficient (Wildman–Crippen LogP) is 4.96. The summed E-state index contributed by atoms with van der Waals surface area (Å²) in [5.41, 5.74) is 1.96. The summed E-state index contributed by atoms with van der Waals surface area (Å²) in [4.78, 5) is 34.6. The number of nitrogens with zero attached hydrogens (tertiary/aromatic N) is 4. The molecule has 1 aliphatic rings. The van der Waals surface area contributed by atoms with Gasteiger partial charge in [0.15, 0.2) is 5.69 Å². The number of methoxy groups -OCH3 is 1. The van der Waals surface area contributed by atoms with Crippen molar-refractivity contribution >= 4 is 17.5 Å². The van der Waals surface area contributed by atoms with E-state index < -0.39 is 17.2 Å². The lowest BCUT2D eigenvalue weighted by molar-refractivity contribution is 0.0588. The number of fused-ring (bicyclic) bond motifs is 1. The van der Waals surface area contributed by atoms with Crippen LogP contribution in [0.1, 0.15) is 47.4 Å². The molecule has 39 heavy (non-hydrogen) atoms. The third-order valence-corrected chi connectivity index (χ3v) is 7.35. The average molecular weight is 525 g/mol. The summed E-state index contributed by atoms with van der Waals surface area (Å²) in [6, 6.07) is 27.0. The van der Waals surface area contributed by atoms with E-state index >= 15 is 0 Å². The molecule has 0 saturated heterocycles. The highest BCUT2D eigenvalue weighted by Gasteiger charge is 2.42. The van der Waals surface area contributed by atoms with Gasteiger partial charge in [-0.05, 0) is 49.2 Å². The molecule has 0 bridgehead atoms. The molecule has 200 valence electrons. The number of ether oxygens (including phenoxy) is 1. The Morgan fingerprint density at radius 2 is 1.49 bits per heavy atom. The van der Waals surface area contributed by atoms with Gasteiger partial charge in [-0.25, -0.2) is 0 Å². The Morgan fingerprint density at radius 3 is 2.00 bits per heavy atom. The van der Waals surface area contributed by atoms with Crippen LogP contribution < -0.4 is 15.2 Å². The molecule has 1 atom stereocenters. The minimum absolute atomic E-state index is 0.0489. The molecule has 5 rings (SSSR count). The van der Waals surface area contributed by atoms with Crippen LogP contribution >= 0.6 is 0 Å². The Hall–Kier alpha value is -4.59. The van der Waals surface area contributed by atoms with Crippen molar-refractivity contribution < 1.29 is 14.6 Å². The first-order valence-corrected chi connectivity index (χ1v) is 13.0. The van der Waals surface area contributed by atoms with Crippen molar-refractivity contribution in [3.63, 3.8) is 0 Å². The number of hydrogen-bond acceptors (Lipinski definition) is 6. The lowest BCUT2D eigenvalue weighted by Crippen LogP contribution is -2.50. The molecule has 2 heterocycles. The lowest BCUT2D eigenvalue weighted by atomic mass is 9.83. The normalized spacial score (nSPS) is 15.0. The number of carbonyl (C=O) groups is 1. The van der Waals surface area contributed by atoms with Gasteiger partial charge in [0.05, 0.1) is 13.2 Å². The van der Waals surface area contributed by atoms with Gasteiger partial charge >= 0.3 is 5.56 Å². The van der Waals surface area contributed by atoms with Crippen LogP contribution in [0, 0.1) is 0 Å². The molecular weight excluding hydrogens is 492 g/mol. The van der Waals surface area contributed by atoms with E-state index in [2.05, 4.69) is 29.2 Å². The molecule has 0 radical (unpaired) electrons. The number of amides is 1. The van der Waals surface area contributed by atoms with E-state index in [0.717, 1.165) is 16.8 Å². The van der Waals surface area contributed by atoms with E-state index in [4.69, 9.17) is 4.74 Å². The Balaban J connectivity index is 1.79. The highest BCUT2D eigenvalue weighted by atomic mass is 16.5. The van der Waals surface area contributed by atoms with Gasteiger partial charge in [-0.3, -0.25) is 14.2 Å². The number of rotatable bonds is 7. The number of aromatic hydroxyl groups is 1. The molecule has 1 N–H and O–H groups in total. The summed E-state index contributed by atoms with van der Waals surface area (Å²) < 4.78 is 7.06. The van der Waals surface area contributed by atoms with Crippen molar-refractivity contribution in [2.45, 2.75) is 31.8 Å². The lowest BCUT2D eigenvalue weighted by Gasteiger charge is -2.43. The minimum Gasteiger partial charge on any atom is -0.501 e. The maximum Gasteiger partial charge on any atom is 0.317 e. The molecule has 0 spiro atoms. The maximum absolute atomic E-state index is 13.8. The Kier molecular flexibility index (Phi) is 7.11. The van der Waals surface area contributed by atoms with E-state index in [1.54, 1.807) is 28.5 Å². The number of benzene rings is 3. The van der Waals surface area contributed by atoms with Gasteiger partial charge in [0.25, 0.3) is 5.91 Å². The van der Waals surface area contributed by atoms with E-state index in [0.29, 0.717) is 12.3 Å². The second kappa shape index (κ2) is 10.6. The zero-order chi connectivity index (χ0) is 27.7. The third-order valence-electron chi connectivity index (χ3n) is 7.35. The van der Waals surface area contributed by atoms with E-state index in [9.17, 15) is 14.7 Å². The number of carbonyl (C=O) groups excluding carboxylic acids is 1. The molecule has 0 saturated carbocycles. The first-order valence-electron chi connectivity index (χ1n) is 13.0. The molecule has 8 heteroatoms. The summed E-state index contributed by atoms with van der Waals surface area (Å²) in [7, 11) is 3.39. The monoisotopic (exact) mass is 524 g/mol. The highest BCUT2D eigenvalue weighted by molar-refractivity contribution is 5.96. The smallest absolute Gasteiger partial charge is 0.317 e. The maximum atomic E-state index is 13.8. The summed E-state index contributed by atoms with van der Waals surface area (Å²) in [5, 5.41) is 11.0. The van der Waals surface area contributed by atoms with Crippen LogP contribution in [0.15, 0.2) is 89.7 Å². The van der Waals surface area contributed by atoms with E-state index in [-0.39, 0.29) is 29.6 Å². The van der Waals surface area contributed by atoms with Gasteiger partial charge < -0.3 is 19.6 Å². The Labute approximate surface area is 227 Å². The third kappa shape index (κ3) is 4.74. The molecule has 0 aliphatic carbocycles. The van der Waals surface area contributed by atoms with Crippen LogP contribution in [0.5, 0.6) is 11.5 Å². The zero-order valence-electron chi connectivity index (χ0n) is 22.5. The molecule has 4 aromatic rings. The molecule has 0 fully saturated rings. The standard InChI is InChI=1S/C31H32N4O4/c1-20(2)34-19-25(26(21-11-7-5-8-12-21)22-13-9-6-10-14-22)35-27(30(34)38)28(36)29(37)32-31(35)33(3)23-15-17-24(39-4)18-16-23/h5-18,20,25-26,36H,19H2,1-4H3/t25-/m1/s1. The fourth-order valence-electron chi connectivity index (χ4n) is 5.35. The number of hydrogen-bond donors (Lipinski definition) is 1. The van der Waals surface area contributed by atoms with Crippen LogP contribution in [-0.2, 0) is 0 Å². The number of aromatic nitrogens is 2. The van der Waals surface area contributed by atoms with Gasteiger partial charge in [0.1, 0.15) is 5.75 Å².